The molecule has 0 fully saturated rings. The molecule has 1 aromatic carbocycles. The number of halogens is 1. The average Bonchev–Trinajstić information content (AvgIpc) is 2.87. The first kappa shape index (κ1) is 29.3. The first-order valence-corrected chi connectivity index (χ1v) is 9.31. The van der Waals surface area contributed by atoms with Crippen LogP contribution in [0.2, 0.25) is 0 Å². The van der Waals surface area contributed by atoms with Crippen LogP contribution in [-0.4, -0.2) is 0 Å². The van der Waals surface area contributed by atoms with Gasteiger partial charge in [-0.25, -0.2) is 12.1 Å². The maximum atomic E-state index is 7.50. The molecule has 14 heavy (non-hydrogen) atoms. The van der Waals surface area contributed by atoms with E-state index in [1.165, 1.54) is 0 Å². The second-order valence-corrected chi connectivity index (χ2v) is 0.962. The van der Waals surface area contributed by atoms with Gasteiger partial charge in [-0.15, -0.1) is 0 Å². The van der Waals surface area contributed by atoms with Crippen molar-refractivity contribution < 1.29 is 59.9 Å². The fourth-order valence-corrected chi connectivity index (χ4v) is 0.321. The molecule has 0 amide bonds. The van der Waals surface area contributed by atoms with E-state index in [1.54, 1.807) is 0 Å². The van der Waals surface area contributed by atoms with E-state index in [4.69, 9.17) is 22.2 Å². The molecule has 0 saturated carbocycles. The minimum atomic E-state index is 0. The third kappa shape index (κ3) is 54.7. The summed E-state index contributed by atoms with van der Waals surface area (Å²) < 4.78 is 22.5. The Hall–Kier alpha value is 0.483. The molecule has 0 N–H and O–H groups in total. The summed E-state index contributed by atoms with van der Waals surface area (Å²) in [7, 11) is 4.83. The van der Waals surface area contributed by atoms with Gasteiger partial charge >= 0.3 is 67.0 Å². The third-order valence-electron chi connectivity index (χ3n) is 0.556. The molecule has 0 radical (unpaired) electrons. The third-order valence-corrected chi connectivity index (χ3v) is 0.556. The summed E-state index contributed by atoms with van der Waals surface area (Å²) in [6.45, 7) is 13.5. The van der Waals surface area contributed by atoms with Gasteiger partial charge < -0.3 is 0 Å². The fraction of sp³-hybridized carbons (Fsp3) is 0. The minimum absolute atomic E-state index is 0. The molecule has 0 aromatic heterocycles. The first-order chi connectivity index (χ1) is 6.50. The Morgan fingerprint density at radius 2 is 1.07 bits per heavy atom. The van der Waals surface area contributed by atoms with Crippen molar-refractivity contribution in [1.82, 2.24) is 0 Å². The molecule has 0 heterocycles. The topological polar surface area (TPSA) is 59.7 Å². The van der Waals surface area contributed by atoms with Crippen molar-refractivity contribution in [1.29, 1.82) is 0 Å². The Kier molecular flexibility index (Phi) is 146. The summed E-state index contributed by atoms with van der Waals surface area (Å²) in [4.78, 5) is 0. The van der Waals surface area contributed by atoms with Crippen LogP contribution in [0.1, 0.15) is 0 Å². The van der Waals surface area contributed by atoms with Crippen LogP contribution in [0.3, 0.4) is 0 Å². The Morgan fingerprint density at radius 1 is 0.857 bits per heavy atom. The monoisotopic (exact) mass is 484 g/mol. The summed E-state index contributed by atoms with van der Waals surface area (Å²) in [6.07, 6.45) is 0. The van der Waals surface area contributed by atoms with Crippen LogP contribution in [0.25, 0.3) is 0 Å². The first-order valence-electron chi connectivity index (χ1n) is 2.55. The van der Waals surface area contributed by atoms with Crippen molar-refractivity contribution in [3.8, 4) is 0 Å². The molecule has 3 nitrogen and oxygen atoms in total. The van der Waals surface area contributed by atoms with Crippen LogP contribution >= 0.6 is 8.25 Å². The molecule has 0 unspecified atom stereocenters. The van der Waals surface area contributed by atoms with Crippen molar-refractivity contribution in [3.63, 3.8) is 0 Å². The van der Waals surface area contributed by atoms with Gasteiger partial charge in [-0.05, 0) is 0 Å². The molecule has 0 atom stereocenters. The largest absolute Gasteiger partial charge is 0.214 e. The van der Waals surface area contributed by atoms with Gasteiger partial charge in [0.05, 0.1) is 0 Å². The zero-order valence-electron chi connectivity index (χ0n) is 7.10. The van der Waals surface area contributed by atoms with Gasteiger partial charge in [0.25, 0.3) is 0 Å². The maximum absolute atomic E-state index is 7.50. The van der Waals surface area contributed by atoms with E-state index in [-0.39, 0.29) is 21.1 Å². The van der Waals surface area contributed by atoms with Crippen LogP contribution in [0, 0.1) is 20.0 Å². The second kappa shape index (κ2) is 69.9. The normalized spacial score (nSPS) is 3.79. The van der Waals surface area contributed by atoms with E-state index in [2.05, 4.69) is 20.0 Å². The molecule has 0 aliphatic heterocycles. The fourth-order valence-electron chi connectivity index (χ4n) is 0.321. The van der Waals surface area contributed by atoms with Crippen molar-refractivity contribution >= 4 is 8.25 Å². The quantitative estimate of drug-likeness (QED) is 0.310. The molecule has 0 aliphatic carbocycles. The van der Waals surface area contributed by atoms with Crippen LogP contribution in [0.5, 0.6) is 0 Å². The van der Waals surface area contributed by atoms with Crippen LogP contribution < -0.4 is 0 Å². The van der Waals surface area contributed by atoms with Crippen LogP contribution in [0.15, 0.2) is 30.3 Å². The van der Waals surface area contributed by atoms with Crippen molar-refractivity contribution in [2.45, 2.75) is 0 Å². The average molecular weight is 481 g/mol. The summed E-state index contributed by atoms with van der Waals surface area (Å²) in [5.41, 5.74) is 0. The van der Waals surface area contributed by atoms with Gasteiger partial charge in [0, 0.05) is 21.1 Å². The molecular formula is C8H5ClHgMoO3-. The molecule has 1 aromatic rings. The Bertz CT molecular complexity index is 153. The Balaban J connectivity index is -0.0000000267. The zero-order chi connectivity index (χ0) is 11.5. The summed E-state index contributed by atoms with van der Waals surface area (Å²) in [5, 5.41) is 0. The minimum Gasteiger partial charge on any atom is -0.214 e. The molecule has 1 rings (SSSR count). The number of hydrogen-bond acceptors (Lipinski definition) is 0. The standard InChI is InChI=1S/C5H5.3CO.ClH.Hg.Mo/c1-2-4-5-3-1;3*1-2;;;/h1-5H;;;;1H;;/q-1;;;;;+1;/p-1. The van der Waals surface area contributed by atoms with E-state index in [0.717, 1.165) is 0 Å². The zero-order valence-corrected chi connectivity index (χ0v) is 15.4. The predicted molar refractivity (Wildman–Crippen MR) is 39.7 cm³/mol. The van der Waals surface area contributed by atoms with Crippen molar-refractivity contribution in [2.75, 3.05) is 0 Å². The SMILES string of the molecule is [C-]#[O+].[C-]#[O+].[C-]#[O+].[Cl][Hg].[Mo].c1cc[cH-]c1. The van der Waals surface area contributed by atoms with E-state index >= 15 is 0 Å². The van der Waals surface area contributed by atoms with E-state index in [0.29, 0.717) is 24.9 Å². The Labute approximate surface area is 117 Å². The molecule has 6 heteroatoms. The van der Waals surface area contributed by atoms with Gasteiger partial charge in [-0.1, -0.05) is 0 Å². The van der Waals surface area contributed by atoms with Crippen LogP contribution in [0.4, 0.5) is 0 Å². The second-order valence-electron chi connectivity index (χ2n) is 0.962. The Morgan fingerprint density at radius 3 is 1.14 bits per heavy atom. The van der Waals surface area contributed by atoms with E-state index in [1.807, 2.05) is 30.3 Å². The van der Waals surface area contributed by atoms with Crippen LogP contribution in [-0.2, 0) is 59.9 Å². The van der Waals surface area contributed by atoms with Gasteiger partial charge in [0.15, 0.2) is 0 Å². The van der Waals surface area contributed by atoms with Gasteiger partial charge in [-0.3, -0.25) is 0 Å². The smallest absolute Gasteiger partial charge is 0 e. The van der Waals surface area contributed by atoms with E-state index in [9.17, 15) is 0 Å². The molecule has 0 saturated heterocycles. The molecule has 0 aliphatic rings. The van der Waals surface area contributed by atoms with E-state index < -0.39 is 0 Å². The maximum Gasteiger partial charge on any atom is 0 e. The van der Waals surface area contributed by atoms with Gasteiger partial charge in [0.1, 0.15) is 0 Å². The van der Waals surface area contributed by atoms with Gasteiger partial charge in [0.2, 0.25) is 0 Å². The van der Waals surface area contributed by atoms with Crippen molar-refractivity contribution in [2.24, 2.45) is 0 Å². The number of hydrogen-bond donors (Lipinski definition) is 0. The molecule has 0 spiro atoms. The molecular weight excluding hydrogens is 476 g/mol. The summed E-state index contributed by atoms with van der Waals surface area (Å²) in [6, 6.07) is 10.0. The summed E-state index contributed by atoms with van der Waals surface area (Å²) >= 11 is 0.500. The molecule has 0 bridgehead atoms. The summed E-state index contributed by atoms with van der Waals surface area (Å²) in [5.74, 6) is 0. The van der Waals surface area contributed by atoms with Crippen molar-refractivity contribution in [3.05, 3.63) is 50.3 Å². The molecule has 71 valence electrons. The predicted octanol–water partition coefficient (Wildman–Crippen LogP) is 1.98. The van der Waals surface area contributed by atoms with Gasteiger partial charge in [-0.2, -0.15) is 18.2 Å². The number of rotatable bonds is 0.